The SMILES string of the molecule is N#Cc1ccc(N2CCC3(CC2)CC(OCc2cccnc2)CO3)cc1.O=C(O)C(F)(F)F. The van der Waals surface area contributed by atoms with Crippen molar-refractivity contribution in [3.05, 3.63) is 59.9 Å². The van der Waals surface area contributed by atoms with E-state index in [0.717, 1.165) is 37.9 Å². The number of alkyl halides is 3. The van der Waals surface area contributed by atoms with Gasteiger partial charge in [-0.2, -0.15) is 18.4 Å². The maximum atomic E-state index is 10.6. The van der Waals surface area contributed by atoms with Crippen LogP contribution in [0.15, 0.2) is 48.8 Å². The highest BCUT2D eigenvalue weighted by atomic mass is 19.4. The molecule has 0 amide bonds. The number of hydrogen-bond donors (Lipinski definition) is 1. The van der Waals surface area contributed by atoms with Crippen molar-refractivity contribution in [1.82, 2.24) is 4.98 Å². The highest BCUT2D eigenvalue weighted by Crippen LogP contribution is 2.38. The zero-order valence-electron chi connectivity index (χ0n) is 17.8. The number of carboxylic acids is 1. The molecule has 0 saturated carbocycles. The Morgan fingerprint density at radius 1 is 1.27 bits per heavy atom. The van der Waals surface area contributed by atoms with E-state index in [2.05, 4.69) is 16.0 Å². The van der Waals surface area contributed by atoms with E-state index in [4.69, 9.17) is 24.6 Å². The van der Waals surface area contributed by atoms with Gasteiger partial charge in [-0.05, 0) is 48.7 Å². The highest BCUT2D eigenvalue weighted by molar-refractivity contribution is 5.73. The van der Waals surface area contributed by atoms with Gasteiger partial charge in [-0.3, -0.25) is 4.98 Å². The van der Waals surface area contributed by atoms with Crippen LogP contribution in [0.1, 0.15) is 30.4 Å². The summed E-state index contributed by atoms with van der Waals surface area (Å²) in [4.78, 5) is 15.4. The number of rotatable bonds is 4. The molecule has 0 aliphatic carbocycles. The predicted molar refractivity (Wildman–Crippen MR) is 112 cm³/mol. The van der Waals surface area contributed by atoms with Gasteiger partial charge in [0.1, 0.15) is 0 Å². The molecule has 0 bridgehead atoms. The van der Waals surface area contributed by atoms with Crippen LogP contribution in [0.25, 0.3) is 0 Å². The Labute approximate surface area is 189 Å². The van der Waals surface area contributed by atoms with Gasteiger partial charge in [0.2, 0.25) is 0 Å². The Kier molecular flexibility index (Phi) is 7.89. The van der Waals surface area contributed by atoms with Crippen LogP contribution in [0, 0.1) is 11.3 Å². The molecule has 1 aromatic heterocycles. The predicted octanol–water partition coefficient (Wildman–Crippen LogP) is 3.93. The first-order valence-corrected chi connectivity index (χ1v) is 10.4. The maximum Gasteiger partial charge on any atom is 0.490 e. The molecule has 2 aromatic rings. The normalized spacial score (nSPS) is 19.5. The van der Waals surface area contributed by atoms with Crippen LogP contribution in [0.2, 0.25) is 0 Å². The van der Waals surface area contributed by atoms with Crippen LogP contribution in [-0.4, -0.2) is 53.6 Å². The number of piperidine rings is 1. The number of anilines is 1. The molecule has 10 heteroatoms. The maximum absolute atomic E-state index is 10.6. The number of carboxylic acid groups (broad SMARTS) is 1. The lowest BCUT2D eigenvalue weighted by molar-refractivity contribution is -0.192. The van der Waals surface area contributed by atoms with Crippen molar-refractivity contribution >= 4 is 11.7 Å². The molecule has 3 heterocycles. The fourth-order valence-electron chi connectivity index (χ4n) is 3.87. The van der Waals surface area contributed by atoms with Crippen molar-refractivity contribution < 1.29 is 32.5 Å². The van der Waals surface area contributed by atoms with E-state index < -0.39 is 12.1 Å². The average molecular weight is 463 g/mol. The van der Waals surface area contributed by atoms with Crippen molar-refractivity contribution in [3.63, 3.8) is 0 Å². The minimum absolute atomic E-state index is 0.0390. The first-order chi connectivity index (χ1) is 15.7. The lowest BCUT2D eigenvalue weighted by Gasteiger charge is -2.39. The van der Waals surface area contributed by atoms with Crippen LogP contribution < -0.4 is 4.90 Å². The second-order valence-electron chi connectivity index (χ2n) is 7.94. The Hall–Kier alpha value is -3.16. The summed E-state index contributed by atoms with van der Waals surface area (Å²) in [7, 11) is 0. The molecule has 2 aliphatic rings. The van der Waals surface area contributed by atoms with E-state index in [1.807, 2.05) is 42.6 Å². The van der Waals surface area contributed by atoms with E-state index in [1.165, 1.54) is 5.69 Å². The Bertz CT molecular complexity index is 954. The minimum Gasteiger partial charge on any atom is -0.475 e. The van der Waals surface area contributed by atoms with E-state index in [9.17, 15) is 13.2 Å². The third kappa shape index (κ3) is 6.91. The molecule has 176 valence electrons. The fourth-order valence-corrected chi connectivity index (χ4v) is 3.87. The lowest BCUT2D eigenvalue weighted by atomic mass is 9.87. The molecule has 1 atom stereocenters. The molecule has 7 nitrogen and oxygen atoms in total. The number of carbonyl (C=O) groups is 1. The number of halogens is 3. The smallest absolute Gasteiger partial charge is 0.475 e. The lowest BCUT2D eigenvalue weighted by Crippen LogP contribution is -2.44. The number of aliphatic carboxylic acids is 1. The summed E-state index contributed by atoms with van der Waals surface area (Å²) >= 11 is 0. The second kappa shape index (κ2) is 10.6. The van der Waals surface area contributed by atoms with Gasteiger partial charge in [0, 0.05) is 37.6 Å². The Balaban J connectivity index is 0.000000383. The molecule has 4 rings (SSSR count). The van der Waals surface area contributed by atoms with Crippen molar-refractivity contribution in [2.24, 2.45) is 0 Å². The third-order valence-corrected chi connectivity index (χ3v) is 5.66. The molecule has 1 N–H and O–H groups in total. The van der Waals surface area contributed by atoms with Gasteiger partial charge < -0.3 is 19.5 Å². The summed E-state index contributed by atoms with van der Waals surface area (Å²) in [5.41, 5.74) is 2.95. The Morgan fingerprint density at radius 3 is 2.48 bits per heavy atom. The Morgan fingerprint density at radius 2 is 1.94 bits per heavy atom. The van der Waals surface area contributed by atoms with Crippen LogP contribution in [0.5, 0.6) is 0 Å². The fraction of sp³-hybridized carbons (Fsp3) is 0.435. The third-order valence-electron chi connectivity index (χ3n) is 5.66. The zero-order chi connectivity index (χ0) is 23.9. The van der Waals surface area contributed by atoms with Gasteiger partial charge in [-0.25, -0.2) is 4.79 Å². The van der Waals surface area contributed by atoms with Crippen molar-refractivity contribution in [2.45, 2.75) is 43.8 Å². The molecule has 2 aliphatic heterocycles. The van der Waals surface area contributed by atoms with Crippen LogP contribution in [0.4, 0.5) is 18.9 Å². The molecule has 1 spiro atoms. The summed E-state index contributed by atoms with van der Waals surface area (Å²) in [6, 6.07) is 14.0. The topological polar surface area (TPSA) is 95.7 Å². The molecule has 1 unspecified atom stereocenters. The van der Waals surface area contributed by atoms with Gasteiger partial charge >= 0.3 is 12.1 Å². The van der Waals surface area contributed by atoms with Crippen molar-refractivity contribution in [2.75, 3.05) is 24.6 Å². The number of aromatic nitrogens is 1. The van der Waals surface area contributed by atoms with E-state index in [1.54, 1.807) is 6.20 Å². The summed E-state index contributed by atoms with van der Waals surface area (Å²) < 4.78 is 44.0. The molecule has 0 radical (unpaired) electrons. The van der Waals surface area contributed by atoms with Gasteiger partial charge in [0.25, 0.3) is 0 Å². The zero-order valence-corrected chi connectivity index (χ0v) is 17.8. The monoisotopic (exact) mass is 463 g/mol. The first-order valence-electron chi connectivity index (χ1n) is 10.4. The molecule has 33 heavy (non-hydrogen) atoms. The number of nitriles is 1. The van der Waals surface area contributed by atoms with Crippen molar-refractivity contribution in [3.8, 4) is 6.07 Å². The molecular weight excluding hydrogens is 439 g/mol. The number of pyridine rings is 1. The second-order valence-corrected chi connectivity index (χ2v) is 7.94. The standard InChI is InChI=1S/C21H23N3O2.C2HF3O2/c22-13-17-3-5-19(6-4-17)24-10-7-21(8-11-24)12-20(16-26-21)25-15-18-2-1-9-23-14-18;3-2(4,5)1(6)7/h1-6,9,14,20H,7-8,10-12,15-16H2;(H,6,7). The number of nitrogens with zero attached hydrogens (tertiary/aromatic N) is 3. The van der Waals surface area contributed by atoms with Gasteiger partial charge in [-0.15, -0.1) is 0 Å². The first kappa shape index (κ1) is 24.5. The van der Waals surface area contributed by atoms with Gasteiger partial charge in [-0.1, -0.05) is 6.07 Å². The molecule has 2 saturated heterocycles. The average Bonchev–Trinajstić information content (AvgIpc) is 3.21. The van der Waals surface area contributed by atoms with Gasteiger partial charge in [0.15, 0.2) is 0 Å². The number of benzene rings is 1. The molecule has 1 aromatic carbocycles. The minimum atomic E-state index is -5.08. The van der Waals surface area contributed by atoms with E-state index >= 15 is 0 Å². The quantitative estimate of drug-likeness (QED) is 0.734. The summed E-state index contributed by atoms with van der Waals surface area (Å²) in [5.74, 6) is -2.76. The van der Waals surface area contributed by atoms with Crippen LogP contribution in [-0.2, 0) is 20.9 Å². The largest absolute Gasteiger partial charge is 0.490 e. The number of ether oxygens (including phenoxy) is 2. The number of hydrogen-bond acceptors (Lipinski definition) is 6. The van der Waals surface area contributed by atoms with Crippen LogP contribution >= 0.6 is 0 Å². The summed E-state index contributed by atoms with van der Waals surface area (Å²) in [5, 5.41) is 16.0. The van der Waals surface area contributed by atoms with E-state index in [0.29, 0.717) is 18.8 Å². The van der Waals surface area contributed by atoms with Crippen molar-refractivity contribution in [1.29, 1.82) is 5.26 Å². The summed E-state index contributed by atoms with van der Waals surface area (Å²) in [6.07, 6.45) is 1.70. The van der Waals surface area contributed by atoms with Crippen LogP contribution in [0.3, 0.4) is 0 Å². The molecular formula is C23H24F3N3O4. The molecule has 2 fully saturated rings. The highest BCUT2D eigenvalue weighted by Gasteiger charge is 2.43. The van der Waals surface area contributed by atoms with E-state index in [-0.39, 0.29) is 11.7 Å². The summed E-state index contributed by atoms with van der Waals surface area (Å²) in [6.45, 7) is 3.22. The van der Waals surface area contributed by atoms with Gasteiger partial charge in [0.05, 0.1) is 36.6 Å².